The number of benzene rings is 1. The van der Waals surface area contributed by atoms with Gasteiger partial charge in [-0.2, -0.15) is 0 Å². The Morgan fingerprint density at radius 1 is 1.27 bits per heavy atom. The van der Waals surface area contributed by atoms with Gasteiger partial charge in [0.25, 0.3) is 11.8 Å². The fourth-order valence-corrected chi connectivity index (χ4v) is 2.61. The molecule has 7 heteroatoms. The van der Waals surface area contributed by atoms with Gasteiger partial charge in [0.1, 0.15) is 6.04 Å². The Morgan fingerprint density at radius 3 is 2.50 bits per heavy atom. The van der Waals surface area contributed by atoms with Crippen molar-refractivity contribution in [2.24, 2.45) is 5.73 Å². The van der Waals surface area contributed by atoms with Gasteiger partial charge in [-0.25, -0.2) is 0 Å². The molecule has 0 aliphatic carbocycles. The number of hydrogen-bond donors (Lipinski definition) is 2. The first-order valence-corrected chi connectivity index (χ1v) is 6.89. The van der Waals surface area contributed by atoms with Gasteiger partial charge >= 0.3 is 5.97 Å². The molecular weight excluding hydrogens is 288 g/mol. The van der Waals surface area contributed by atoms with Crippen LogP contribution in [0.5, 0.6) is 0 Å². The Bertz CT molecular complexity index is 668. The summed E-state index contributed by atoms with van der Waals surface area (Å²) in [6, 6.07) is 3.67. The summed E-state index contributed by atoms with van der Waals surface area (Å²) in [5.41, 5.74) is 6.47. The number of carboxylic acid groups (broad SMARTS) is 1. The van der Waals surface area contributed by atoms with Crippen LogP contribution in [-0.2, 0) is 16.0 Å². The first-order valence-electron chi connectivity index (χ1n) is 6.89. The van der Waals surface area contributed by atoms with Crippen molar-refractivity contribution in [3.05, 3.63) is 34.9 Å². The van der Waals surface area contributed by atoms with Crippen LogP contribution in [0.3, 0.4) is 0 Å². The quantitative estimate of drug-likeness (QED) is 0.745. The molecule has 1 aromatic carbocycles. The molecule has 0 bridgehead atoms. The molecule has 0 saturated heterocycles. The molecule has 1 atom stereocenters. The maximum absolute atomic E-state index is 12.5. The van der Waals surface area contributed by atoms with Crippen LogP contribution in [0.25, 0.3) is 0 Å². The lowest BCUT2D eigenvalue weighted by Crippen LogP contribution is -2.48. The summed E-state index contributed by atoms with van der Waals surface area (Å²) in [4.78, 5) is 48.0. The number of rotatable bonds is 6. The summed E-state index contributed by atoms with van der Waals surface area (Å²) in [5, 5.41) is 8.73. The molecule has 116 valence electrons. The van der Waals surface area contributed by atoms with Crippen molar-refractivity contribution in [2.45, 2.75) is 32.2 Å². The highest BCUT2D eigenvalue weighted by Crippen LogP contribution is 2.29. The van der Waals surface area contributed by atoms with E-state index < -0.39 is 29.7 Å². The zero-order chi connectivity index (χ0) is 16.4. The molecule has 1 unspecified atom stereocenters. The zero-order valence-electron chi connectivity index (χ0n) is 12.0. The summed E-state index contributed by atoms with van der Waals surface area (Å²) in [5.74, 6) is -3.22. The zero-order valence-corrected chi connectivity index (χ0v) is 12.0. The molecule has 1 aromatic rings. The lowest BCUT2D eigenvalue weighted by molar-refractivity contribution is -0.137. The standard InChI is InChI=1S/C15H16N2O5/c1-2-8-4-3-5-9-12(8)15(22)17(14(9)21)10(13(16)20)6-7-11(18)19/h3-5,10H,2,6-7H2,1H3,(H2,16,20)(H,18,19). The lowest BCUT2D eigenvalue weighted by atomic mass is 10.0. The number of nitrogens with two attached hydrogens (primary N) is 1. The van der Waals surface area contributed by atoms with E-state index in [4.69, 9.17) is 10.8 Å². The minimum Gasteiger partial charge on any atom is -0.481 e. The van der Waals surface area contributed by atoms with E-state index in [0.29, 0.717) is 12.0 Å². The molecule has 7 nitrogen and oxygen atoms in total. The third-order valence-electron chi connectivity index (χ3n) is 3.69. The molecule has 0 radical (unpaired) electrons. The highest BCUT2D eigenvalue weighted by atomic mass is 16.4. The average Bonchev–Trinajstić information content (AvgIpc) is 2.72. The molecule has 1 aliphatic heterocycles. The van der Waals surface area contributed by atoms with Crippen molar-refractivity contribution in [3.8, 4) is 0 Å². The maximum Gasteiger partial charge on any atom is 0.303 e. The Hall–Kier alpha value is -2.70. The molecule has 0 aromatic heterocycles. The van der Waals surface area contributed by atoms with Gasteiger partial charge in [-0.15, -0.1) is 0 Å². The summed E-state index contributed by atoms with van der Waals surface area (Å²) in [6.07, 6.45) is 0.00559. The number of hydrogen-bond acceptors (Lipinski definition) is 4. The van der Waals surface area contributed by atoms with E-state index >= 15 is 0 Å². The van der Waals surface area contributed by atoms with Crippen molar-refractivity contribution in [3.63, 3.8) is 0 Å². The Labute approximate surface area is 126 Å². The number of carbonyl (C=O) groups excluding carboxylic acids is 3. The predicted octanol–water partition coefficient (Wildman–Crippen LogP) is 0.564. The van der Waals surface area contributed by atoms with Gasteiger partial charge in [0.05, 0.1) is 11.1 Å². The SMILES string of the molecule is CCc1cccc2c1C(=O)N(C(CCC(=O)O)C(N)=O)C2=O. The van der Waals surface area contributed by atoms with Crippen molar-refractivity contribution in [2.75, 3.05) is 0 Å². The Morgan fingerprint density at radius 2 is 1.95 bits per heavy atom. The highest BCUT2D eigenvalue weighted by Gasteiger charge is 2.43. The fourth-order valence-electron chi connectivity index (χ4n) is 2.61. The van der Waals surface area contributed by atoms with E-state index in [1.165, 1.54) is 6.07 Å². The van der Waals surface area contributed by atoms with Gasteiger partial charge in [-0.05, 0) is 24.5 Å². The van der Waals surface area contributed by atoms with Crippen molar-refractivity contribution >= 4 is 23.7 Å². The molecule has 3 amide bonds. The fraction of sp³-hybridized carbons (Fsp3) is 0.333. The Balaban J connectivity index is 2.41. The first-order chi connectivity index (χ1) is 10.4. The van der Waals surface area contributed by atoms with Gasteiger partial charge < -0.3 is 10.8 Å². The van der Waals surface area contributed by atoms with Crippen LogP contribution in [0.1, 0.15) is 46.0 Å². The number of carboxylic acids is 1. The number of imide groups is 1. The van der Waals surface area contributed by atoms with E-state index in [0.717, 1.165) is 4.90 Å². The number of primary amides is 1. The minimum absolute atomic E-state index is 0.197. The molecule has 3 N–H and O–H groups in total. The number of aliphatic carboxylic acids is 1. The number of aryl methyl sites for hydroxylation is 1. The normalized spacial score (nSPS) is 14.9. The number of amides is 3. The topological polar surface area (TPSA) is 118 Å². The minimum atomic E-state index is -1.26. The second-order valence-electron chi connectivity index (χ2n) is 5.02. The third kappa shape index (κ3) is 2.57. The van der Waals surface area contributed by atoms with E-state index in [9.17, 15) is 19.2 Å². The van der Waals surface area contributed by atoms with Gasteiger partial charge in [-0.3, -0.25) is 24.1 Å². The number of fused-ring (bicyclic) bond motifs is 1. The van der Waals surface area contributed by atoms with Crippen molar-refractivity contribution < 1.29 is 24.3 Å². The molecule has 22 heavy (non-hydrogen) atoms. The second kappa shape index (κ2) is 5.97. The van der Waals surface area contributed by atoms with Gasteiger partial charge in [0, 0.05) is 6.42 Å². The summed E-state index contributed by atoms with van der Waals surface area (Å²) in [7, 11) is 0. The molecule has 0 fully saturated rings. The van der Waals surface area contributed by atoms with Crippen LogP contribution < -0.4 is 5.73 Å². The van der Waals surface area contributed by atoms with Crippen molar-refractivity contribution in [1.82, 2.24) is 4.90 Å². The van der Waals surface area contributed by atoms with E-state index in [-0.39, 0.29) is 24.0 Å². The summed E-state index contributed by atoms with van der Waals surface area (Å²) >= 11 is 0. The molecule has 0 saturated carbocycles. The number of nitrogens with zero attached hydrogens (tertiary/aromatic N) is 1. The monoisotopic (exact) mass is 304 g/mol. The lowest BCUT2D eigenvalue weighted by Gasteiger charge is -2.22. The smallest absolute Gasteiger partial charge is 0.303 e. The average molecular weight is 304 g/mol. The van der Waals surface area contributed by atoms with Gasteiger partial charge in [-0.1, -0.05) is 19.1 Å². The highest BCUT2D eigenvalue weighted by molar-refractivity contribution is 6.23. The Kier molecular flexibility index (Phi) is 4.25. The maximum atomic E-state index is 12.5. The van der Waals surface area contributed by atoms with E-state index in [2.05, 4.69) is 0 Å². The summed E-state index contributed by atoms with van der Waals surface area (Å²) in [6.45, 7) is 1.85. The first kappa shape index (κ1) is 15.7. The molecule has 2 rings (SSSR count). The molecule has 0 spiro atoms. The van der Waals surface area contributed by atoms with Crippen LogP contribution in [0.2, 0.25) is 0 Å². The van der Waals surface area contributed by atoms with Crippen LogP contribution in [0, 0.1) is 0 Å². The molecule has 1 aliphatic rings. The summed E-state index contributed by atoms with van der Waals surface area (Å²) < 4.78 is 0. The predicted molar refractivity (Wildman–Crippen MR) is 76.2 cm³/mol. The van der Waals surface area contributed by atoms with Crippen LogP contribution in [-0.4, -0.2) is 39.7 Å². The van der Waals surface area contributed by atoms with Gasteiger partial charge in [0.15, 0.2) is 0 Å². The molecular formula is C15H16N2O5. The third-order valence-corrected chi connectivity index (χ3v) is 3.69. The van der Waals surface area contributed by atoms with Gasteiger partial charge in [0.2, 0.25) is 5.91 Å². The number of carbonyl (C=O) groups is 4. The molecule has 1 heterocycles. The van der Waals surface area contributed by atoms with Crippen LogP contribution >= 0.6 is 0 Å². The van der Waals surface area contributed by atoms with E-state index in [1.54, 1.807) is 12.1 Å². The second-order valence-corrected chi connectivity index (χ2v) is 5.02. The van der Waals surface area contributed by atoms with E-state index in [1.807, 2.05) is 6.92 Å². The van der Waals surface area contributed by atoms with Crippen LogP contribution in [0.15, 0.2) is 18.2 Å². The largest absolute Gasteiger partial charge is 0.481 e. The van der Waals surface area contributed by atoms with Crippen LogP contribution in [0.4, 0.5) is 0 Å². The van der Waals surface area contributed by atoms with Crippen molar-refractivity contribution in [1.29, 1.82) is 0 Å².